The van der Waals surface area contributed by atoms with Crippen molar-refractivity contribution < 1.29 is 27.4 Å². The second-order valence-electron chi connectivity index (χ2n) is 6.03. The Morgan fingerprint density at radius 3 is 2.48 bits per heavy atom. The molecule has 25 heavy (non-hydrogen) atoms. The van der Waals surface area contributed by atoms with Crippen molar-refractivity contribution in [3.8, 4) is 5.75 Å². The van der Waals surface area contributed by atoms with E-state index in [1.165, 1.54) is 24.1 Å². The van der Waals surface area contributed by atoms with Gasteiger partial charge in [-0.15, -0.1) is 0 Å². The zero-order chi connectivity index (χ0) is 18.3. The average molecular weight is 356 g/mol. The standard InChI is InChI=1S/C19H23F3O3/c1-2-24-18(23)17(13-8-14-6-4-3-5-7-14)25-16-11-9-15(10-12-16)19(20,21)22/h6,9-12,17H,2-5,7-8,13H2,1H3. The largest absolute Gasteiger partial charge is 0.479 e. The minimum absolute atomic E-state index is 0.226. The molecule has 0 saturated heterocycles. The number of rotatable bonds is 7. The third-order valence-electron chi connectivity index (χ3n) is 4.12. The summed E-state index contributed by atoms with van der Waals surface area (Å²) in [4.78, 5) is 12.1. The van der Waals surface area contributed by atoms with Crippen LogP contribution in [0.2, 0.25) is 0 Å². The van der Waals surface area contributed by atoms with Crippen LogP contribution in [0.3, 0.4) is 0 Å². The van der Waals surface area contributed by atoms with Gasteiger partial charge in [-0.2, -0.15) is 13.2 Å². The van der Waals surface area contributed by atoms with Crippen molar-refractivity contribution in [1.29, 1.82) is 0 Å². The van der Waals surface area contributed by atoms with Crippen LogP contribution in [0.5, 0.6) is 5.75 Å². The molecule has 2 rings (SSSR count). The first kappa shape index (κ1) is 19.3. The maximum Gasteiger partial charge on any atom is 0.416 e. The lowest BCUT2D eigenvalue weighted by Gasteiger charge is -2.20. The van der Waals surface area contributed by atoms with E-state index in [1.54, 1.807) is 6.92 Å². The van der Waals surface area contributed by atoms with Gasteiger partial charge in [-0.05, 0) is 69.7 Å². The summed E-state index contributed by atoms with van der Waals surface area (Å²) in [6.45, 7) is 1.94. The Labute approximate surface area is 145 Å². The number of carbonyl (C=O) groups is 1. The Bertz CT molecular complexity index is 591. The summed E-state index contributed by atoms with van der Waals surface area (Å²) in [5.41, 5.74) is 0.552. The fraction of sp³-hybridized carbons (Fsp3) is 0.526. The van der Waals surface area contributed by atoms with E-state index in [0.29, 0.717) is 6.42 Å². The van der Waals surface area contributed by atoms with Crippen molar-refractivity contribution in [2.24, 2.45) is 0 Å². The topological polar surface area (TPSA) is 35.5 Å². The molecule has 0 amide bonds. The third kappa shape index (κ3) is 6.11. The second kappa shape index (κ2) is 8.92. The monoisotopic (exact) mass is 356 g/mol. The van der Waals surface area contributed by atoms with E-state index in [4.69, 9.17) is 9.47 Å². The number of benzene rings is 1. The predicted molar refractivity (Wildman–Crippen MR) is 88.3 cm³/mol. The first-order chi connectivity index (χ1) is 11.9. The summed E-state index contributed by atoms with van der Waals surface area (Å²) in [6, 6.07) is 4.35. The smallest absolute Gasteiger partial charge is 0.416 e. The predicted octanol–water partition coefficient (Wildman–Crippen LogP) is 5.30. The molecule has 6 heteroatoms. The van der Waals surface area contributed by atoms with E-state index in [-0.39, 0.29) is 12.4 Å². The van der Waals surface area contributed by atoms with Gasteiger partial charge in [0, 0.05) is 0 Å². The number of halogens is 3. The fourth-order valence-corrected chi connectivity index (χ4v) is 2.80. The van der Waals surface area contributed by atoms with Crippen LogP contribution in [0, 0.1) is 0 Å². The summed E-state index contributed by atoms with van der Waals surface area (Å²) in [6.07, 6.45) is 2.57. The van der Waals surface area contributed by atoms with E-state index < -0.39 is 23.8 Å². The molecule has 1 atom stereocenters. The van der Waals surface area contributed by atoms with Gasteiger partial charge in [0.2, 0.25) is 0 Å². The third-order valence-corrected chi connectivity index (χ3v) is 4.12. The van der Waals surface area contributed by atoms with Gasteiger partial charge in [0.15, 0.2) is 6.10 Å². The molecule has 0 heterocycles. The fourth-order valence-electron chi connectivity index (χ4n) is 2.80. The number of allylic oxidation sites excluding steroid dienone is 2. The highest BCUT2D eigenvalue weighted by molar-refractivity contribution is 5.75. The Morgan fingerprint density at radius 1 is 1.20 bits per heavy atom. The van der Waals surface area contributed by atoms with Gasteiger partial charge in [-0.3, -0.25) is 0 Å². The molecule has 0 saturated carbocycles. The quantitative estimate of drug-likeness (QED) is 0.491. The molecular formula is C19H23F3O3. The molecule has 0 radical (unpaired) electrons. The molecule has 0 fully saturated rings. The molecule has 1 aliphatic rings. The molecule has 0 spiro atoms. The summed E-state index contributed by atoms with van der Waals surface area (Å²) in [5.74, 6) is -0.262. The first-order valence-electron chi connectivity index (χ1n) is 8.58. The average Bonchev–Trinajstić information content (AvgIpc) is 2.59. The molecular weight excluding hydrogens is 333 g/mol. The molecule has 0 aromatic heterocycles. The lowest BCUT2D eigenvalue weighted by molar-refractivity contribution is -0.151. The Hall–Kier alpha value is -1.98. The van der Waals surface area contributed by atoms with Gasteiger partial charge in [-0.25, -0.2) is 4.79 Å². The van der Waals surface area contributed by atoms with Crippen molar-refractivity contribution in [2.75, 3.05) is 6.61 Å². The highest BCUT2D eigenvalue weighted by Gasteiger charge is 2.30. The minimum Gasteiger partial charge on any atom is -0.479 e. The van der Waals surface area contributed by atoms with Gasteiger partial charge in [0.1, 0.15) is 5.75 Å². The SMILES string of the molecule is CCOC(=O)C(CCC1=CCCCC1)Oc1ccc(C(F)(F)F)cc1. The highest BCUT2D eigenvalue weighted by atomic mass is 19.4. The molecule has 1 aromatic rings. The van der Waals surface area contributed by atoms with Crippen molar-refractivity contribution in [2.45, 2.75) is 57.7 Å². The summed E-state index contributed by atoms with van der Waals surface area (Å²) in [7, 11) is 0. The zero-order valence-electron chi connectivity index (χ0n) is 14.3. The van der Waals surface area contributed by atoms with Crippen molar-refractivity contribution >= 4 is 5.97 Å². The normalized spacial score (nSPS) is 16.1. The van der Waals surface area contributed by atoms with E-state index >= 15 is 0 Å². The van der Waals surface area contributed by atoms with Gasteiger partial charge in [0.05, 0.1) is 12.2 Å². The van der Waals surface area contributed by atoms with Gasteiger partial charge in [0.25, 0.3) is 0 Å². The zero-order valence-corrected chi connectivity index (χ0v) is 14.3. The number of esters is 1. The lowest BCUT2D eigenvalue weighted by Crippen LogP contribution is -2.29. The molecule has 3 nitrogen and oxygen atoms in total. The number of alkyl halides is 3. The highest BCUT2D eigenvalue weighted by Crippen LogP contribution is 2.31. The van der Waals surface area contributed by atoms with Crippen LogP contribution < -0.4 is 4.74 Å². The van der Waals surface area contributed by atoms with E-state index in [2.05, 4.69) is 6.08 Å². The van der Waals surface area contributed by atoms with E-state index in [1.807, 2.05) is 0 Å². The number of hydrogen-bond acceptors (Lipinski definition) is 3. The van der Waals surface area contributed by atoms with Gasteiger partial charge < -0.3 is 9.47 Å². The van der Waals surface area contributed by atoms with Crippen molar-refractivity contribution in [3.63, 3.8) is 0 Å². The van der Waals surface area contributed by atoms with Crippen molar-refractivity contribution in [3.05, 3.63) is 41.5 Å². The van der Waals surface area contributed by atoms with Gasteiger partial charge in [-0.1, -0.05) is 11.6 Å². The van der Waals surface area contributed by atoms with Crippen LogP contribution in [0.1, 0.15) is 51.0 Å². The summed E-state index contributed by atoms with van der Waals surface area (Å²) in [5, 5.41) is 0. The summed E-state index contributed by atoms with van der Waals surface area (Å²) < 4.78 is 48.5. The molecule has 1 aromatic carbocycles. The molecule has 1 unspecified atom stereocenters. The molecule has 0 aliphatic heterocycles. The summed E-state index contributed by atoms with van der Waals surface area (Å²) >= 11 is 0. The maximum absolute atomic E-state index is 12.6. The lowest BCUT2D eigenvalue weighted by atomic mass is 9.95. The van der Waals surface area contributed by atoms with E-state index in [9.17, 15) is 18.0 Å². The Morgan fingerprint density at radius 2 is 1.92 bits per heavy atom. The van der Waals surface area contributed by atoms with Crippen LogP contribution >= 0.6 is 0 Å². The number of ether oxygens (including phenoxy) is 2. The number of hydrogen-bond donors (Lipinski definition) is 0. The van der Waals surface area contributed by atoms with Gasteiger partial charge >= 0.3 is 12.1 Å². The molecule has 0 N–H and O–H groups in total. The Kier molecular flexibility index (Phi) is 6.91. The van der Waals surface area contributed by atoms with E-state index in [0.717, 1.165) is 37.8 Å². The second-order valence-corrected chi connectivity index (χ2v) is 6.03. The minimum atomic E-state index is -4.40. The van der Waals surface area contributed by atoms with Crippen LogP contribution in [0.4, 0.5) is 13.2 Å². The molecule has 0 bridgehead atoms. The van der Waals surface area contributed by atoms with Crippen molar-refractivity contribution in [1.82, 2.24) is 0 Å². The number of carbonyl (C=O) groups excluding carboxylic acids is 1. The van der Waals surface area contributed by atoms with Crippen LogP contribution in [0.15, 0.2) is 35.9 Å². The maximum atomic E-state index is 12.6. The van der Waals surface area contributed by atoms with Crippen LogP contribution in [-0.2, 0) is 15.7 Å². The molecule has 1 aliphatic carbocycles. The molecule has 138 valence electrons. The van der Waals surface area contributed by atoms with Crippen LogP contribution in [0.25, 0.3) is 0 Å². The van der Waals surface area contributed by atoms with Crippen LogP contribution in [-0.4, -0.2) is 18.7 Å². The Balaban J connectivity index is 2.02. The first-order valence-corrected chi connectivity index (χ1v) is 8.58.